The second-order valence-electron chi connectivity index (χ2n) is 3.77. The van der Waals surface area contributed by atoms with Gasteiger partial charge in [0.15, 0.2) is 0 Å². The third kappa shape index (κ3) is 4.84. The van der Waals surface area contributed by atoms with E-state index < -0.39 is 0 Å². The van der Waals surface area contributed by atoms with Gasteiger partial charge in [0, 0.05) is 33.3 Å². The molecule has 1 heterocycles. The Balaban J connectivity index is 2.07. The summed E-state index contributed by atoms with van der Waals surface area (Å²) in [6, 6.07) is 1.87. The van der Waals surface area contributed by atoms with Crippen molar-refractivity contribution in [1.29, 1.82) is 0 Å². The van der Waals surface area contributed by atoms with E-state index in [0.29, 0.717) is 6.42 Å². The Morgan fingerprint density at radius 2 is 2.31 bits per heavy atom. The minimum absolute atomic E-state index is 0.170. The van der Waals surface area contributed by atoms with Gasteiger partial charge in [-0.1, -0.05) is 0 Å². The molecule has 88 valence electrons. The van der Waals surface area contributed by atoms with Gasteiger partial charge in [0.1, 0.15) is 6.33 Å². The van der Waals surface area contributed by atoms with Crippen molar-refractivity contribution in [2.45, 2.75) is 19.4 Å². The lowest BCUT2D eigenvalue weighted by Crippen LogP contribution is -2.23. The maximum absolute atomic E-state index is 11.3. The first-order chi connectivity index (χ1) is 7.70. The summed E-state index contributed by atoms with van der Waals surface area (Å²) < 4.78 is 0. The predicted octanol–water partition coefficient (Wildman–Crippen LogP) is 0.435. The summed E-state index contributed by atoms with van der Waals surface area (Å²) in [4.78, 5) is 20.8. The molecular formula is C11H18N4O. The Hall–Kier alpha value is -1.49. The number of aromatic nitrogens is 2. The molecule has 5 heteroatoms. The lowest BCUT2D eigenvalue weighted by molar-refractivity contribution is -0.128. The summed E-state index contributed by atoms with van der Waals surface area (Å²) in [5.74, 6) is 0.170. The Bertz CT molecular complexity index is 313. The van der Waals surface area contributed by atoms with Crippen LogP contribution in [0.2, 0.25) is 0 Å². The van der Waals surface area contributed by atoms with Crippen LogP contribution in [0, 0.1) is 0 Å². The van der Waals surface area contributed by atoms with Crippen molar-refractivity contribution >= 4 is 5.91 Å². The summed E-state index contributed by atoms with van der Waals surface area (Å²) >= 11 is 0. The average Bonchev–Trinajstić information content (AvgIpc) is 2.29. The zero-order chi connectivity index (χ0) is 11.8. The summed E-state index contributed by atoms with van der Waals surface area (Å²) in [5.41, 5.74) is 0.967. The molecule has 1 amide bonds. The Kier molecular flexibility index (Phi) is 5.42. The van der Waals surface area contributed by atoms with Crippen molar-refractivity contribution in [2.75, 3.05) is 20.6 Å². The number of rotatable bonds is 6. The van der Waals surface area contributed by atoms with Crippen molar-refractivity contribution in [3.05, 3.63) is 24.3 Å². The lowest BCUT2D eigenvalue weighted by atomic mass is 10.3. The monoisotopic (exact) mass is 222 g/mol. The van der Waals surface area contributed by atoms with E-state index in [1.54, 1.807) is 25.2 Å². The molecule has 0 radical (unpaired) electrons. The number of nitrogens with zero attached hydrogens (tertiary/aromatic N) is 3. The minimum atomic E-state index is 0.170. The van der Waals surface area contributed by atoms with Crippen LogP contribution in [-0.4, -0.2) is 41.4 Å². The third-order valence-corrected chi connectivity index (χ3v) is 2.19. The van der Waals surface area contributed by atoms with Gasteiger partial charge < -0.3 is 10.2 Å². The summed E-state index contributed by atoms with van der Waals surface area (Å²) in [6.07, 6.45) is 4.69. The van der Waals surface area contributed by atoms with Gasteiger partial charge in [0.25, 0.3) is 0 Å². The van der Waals surface area contributed by atoms with Crippen molar-refractivity contribution in [2.24, 2.45) is 0 Å². The SMILES string of the molecule is CN(C)C(=O)CCCNCc1ccncn1. The molecule has 0 saturated heterocycles. The van der Waals surface area contributed by atoms with E-state index >= 15 is 0 Å². The first-order valence-corrected chi connectivity index (χ1v) is 5.36. The third-order valence-electron chi connectivity index (χ3n) is 2.19. The topological polar surface area (TPSA) is 58.1 Å². The van der Waals surface area contributed by atoms with Crippen LogP contribution >= 0.6 is 0 Å². The van der Waals surface area contributed by atoms with Crippen LogP contribution in [-0.2, 0) is 11.3 Å². The molecule has 0 aromatic carbocycles. The molecule has 5 nitrogen and oxygen atoms in total. The molecule has 1 aromatic rings. The molecule has 0 aliphatic rings. The van der Waals surface area contributed by atoms with E-state index in [4.69, 9.17) is 0 Å². The maximum Gasteiger partial charge on any atom is 0.222 e. The van der Waals surface area contributed by atoms with Crippen LogP contribution in [0.4, 0.5) is 0 Å². The molecule has 0 aliphatic heterocycles. The minimum Gasteiger partial charge on any atom is -0.349 e. The molecule has 16 heavy (non-hydrogen) atoms. The van der Waals surface area contributed by atoms with Crippen LogP contribution in [0.15, 0.2) is 18.6 Å². The van der Waals surface area contributed by atoms with E-state index in [9.17, 15) is 4.79 Å². The molecule has 1 N–H and O–H groups in total. The smallest absolute Gasteiger partial charge is 0.222 e. The number of hydrogen-bond donors (Lipinski definition) is 1. The fourth-order valence-corrected chi connectivity index (χ4v) is 1.23. The Labute approximate surface area is 95.9 Å². The first kappa shape index (κ1) is 12.6. The van der Waals surface area contributed by atoms with Gasteiger partial charge in [-0.15, -0.1) is 0 Å². The summed E-state index contributed by atoms with van der Waals surface area (Å²) in [6.45, 7) is 1.54. The largest absolute Gasteiger partial charge is 0.349 e. The zero-order valence-corrected chi connectivity index (χ0v) is 9.81. The van der Waals surface area contributed by atoms with E-state index in [1.165, 1.54) is 6.33 Å². The molecule has 1 aromatic heterocycles. The fraction of sp³-hybridized carbons (Fsp3) is 0.545. The van der Waals surface area contributed by atoms with Gasteiger partial charge in [-0.25, -0.2) is 9.97 Å². The Morgan fingerprint density at radius 1 is 1.50 bits per heavy atom. The average molecular weight is 222 g/mol. The molecule has 0 fully saturated rings. The molecule has 0 atom stereocenters. The predicted molar refractivity (Wildman–Crippen MR) is 61.7 cm³/mol. The number of carbonyl (C=O) groups excluding carboxylic acids is 1. The highest BCUT2D eigenvalue weighted by molar-refractivity contribution is 5.75. The molecule has 0 bridgehead atoms. The van der Waals surface area contributed by atoms with Crippen molar-refractivity contribution in [3.8, 4) is 0 Å². The van der Waals surface area contributed by atoms with Crippen LogP contribution in [0.25, 0.3) is 0 Å². The normalized spacial score (nSPS) is 10.1. The van der Waals surface area contributed by atoms with Crippen LogP contribution in [0.5, 0.6) is 0 Å². The van der Waals surface area contributed by atoms with Crippen LogP contribution < -0.4 is 5.32 Å². The summed E-state index contributed by atoms with van der Waals surface area (Å²) in [5, 5.41) is 3.23. The quantitative estimate of drug-likeness (QED) is 0.709. The molecular weight excluding hydrogens is 204 g/mol. The number of amides is 1. The summed E-state index contributed by atoms with van der Waals surface area (Å²) in [7, 11) is 3.55. The van der Waals surface area contributed by atoms with Crippen molar-refractivity contribution in [1.82, 2.24) is 20.2 Å². The van der Waals surface area contributed by atoms with E-state index in [0.717, 1.165) is 25.2 Å². The molecule has 0 aliphatic carbocycles. The lowest BCUT2D eigenvalue weighted by Gasteiger charge is -2.09. The second kappa shape index (κ2) is 6.90. The molecule has 0 saturated carbocycles. The van der Waals surface area contributed by atoms with E-state index in [1.807, 2.05) is 6.07 Å². The Morgan fingerprint density at radius 3 is 2.94 bits per heavy atom. The highest BCUT2D eigenvalue weighted by Gasteiger charge is 2.02. The van der Waals surface area contributed by atoms with Gasteiger partial charge in [-0.2, -0.15) is 0 Å². The van der Waals surface area contributed by atoms with Crippen LogP contribution in [0.1, 0.15) is 18.5 Å². The van der Waals surface area contributed by atoms with Gasteiger partial charge in [0.2, 0.25) is 5.91 Å². The van der Waals surface area contributed by atoms with Gasteiger partial charge >= 0.3 is 0 Å². The zero-order valence-electron chi connectivity index (χ0n) is 9.81. The maximum atomic E-state index is 11.3. The number of nitrogens with one attached hydrogen (secondary N) is 1. The highest BCUT2D eigenvalue weighted by atomic mass is 16.2. The number of carbonyl (C=O) groups is 1. The van der Waals surface area contributed by atoms with Crippen molar-refractivity contribution in [3.63, 3.8) is 0 Å². The molecule has 0 unspecified atom stereocenters. The second-order valence-corrected chi connectivity index (χ2v) is 3.77. The molecule has 1 rings (SSSR count). The highest BCUT2D eigenvalue weighted by Crippen LogP contribution is 1.93. The van der Waals surface area contributed by atoms with Gasteiger partial charge in [0.05, 0.1) is 5.69 Å². The standard InChI is InChI=1S/C11H18N4O/c1-15(2)11(16)4-3-6-12-8-10-5-7-13-9-14-10/h5,7,9,12H,3-4,6,8H2,1-2H3. The first-order valence-electron chi connectivity index (χ1n) is 5.36. The van der Waals surface area contributed by atoms with Gasteiger partial charge in [-0.05, 0) is 19.0 Å². The number of hydrogen-bond acceptors (Lipinski definition) is 4. The van der Waals surface area contributed by atoms with E-state index in [-0.39, 0.29) is 5.91 Å². The fourth-order valence-electron chi connectivity index (χ4n) is 1.23. The van der Waals surface area contributed by atoms with Crippen molar-refractivity contribution < 1.29 is 4.79 Å². The van der Waals surface area contributed by atoms with E-state index in [2.05, 4.69) is 15.3 Å². The van der Waals surface area contributed by atoms with Gasteiger partial charge in [-0.3, -0.25) is 4.79 Å². The van der Waals surface area contributed by atoms with Crippen LogP contribution in [0.3, 0.4) is 0 Å². The molecule has 0 spiro atoms.